The summed E-state index contributed by atoms with van der Waals surface area (Å²) in [6.07, 6.45) is 2.10. The number of rotatable bonds is 3. The predicted molar refractivity (Wildman–Crippen MR) is 68.9 cm³/mol. The number of amides is 1. The minimum absolute atomic E-state index is 0.345. The van der Waals surface area contributed by atoms with Gasteiger partial charge in [-0.3, -0.25) is 4.79 Å². The van der Waals surface area contributed by atoms with Crippen LogP contribution in [-0.4, -0.2) is 37.5 Å². The Hall–Kier alpha value is -1.49. The van der Waals surface area contributed by atoms with Gasteiger partial charge in [-0.1, -0.05) is 6.07 Å². The summed E-state index contributed by atoms with van der Waals surface area (Å²) < 4.78 is 27.1. The Labute approximate surface area is 111 Å². The van der Waals surface area contributed by atoms with Crippen molar-refractivity contribution in [2.24, 2.45) is 5.92 Å². The molecule has 104 valence electrons. The monoisotopic (exact) mass is 268 g/mol. The quantitative estimate of drug-likeness (QED) is 0.910. The van der Waals surface area contributed by atoms with Gasteiger partial charge in [0.1, 0.15) is 17.2 Å². The number of benzene rings is 1. The molecule has 1 atom stereocenters. The molecule has 0 aromatic heterocycles. The number of halogens is 2. The minimum atomic E-state index is -0.807. The number of carbonyl (C=O) groups is 1. The van der Waals surface area contributed by atoms with Crippen LogP contribution in [0.1, 0.15) is 23.2 Å². The zero-order valence-corrected chi connectivity index (χ0v) is 11.0. The maximum absolute atomic E-state index is 13.5. The van der Waals surface area contributed by atoms with Crippen LogP contribution in [0.5, 0.6) is 0 Å². The number of carbonyl (C=O) groups excluding carboxylic acids is 1. The Morgan fingerprint density at radius 2 is 2.11 bits per heavy atom. The Morgan fingerprint density at radius 1 is 1.42 bits per heavy atom. The fraction of sp³-hybridized carbons (Fsp3) is 0.500. The summed E-state index contributed by atoms with van der Waals surface area (Å²) in [4.78, 5) is 13.5. The van der Waals surface area contributed by atoms with Crippen molar-refractivity contribution in [2.45, 2.75) is 12.8 Å². The molecular formula is C14H18F2N2O. The second-order valence-corrected chi connectivity index (χ2v) is 4.99. The molecule has 1 unspecified atom stereocenters. The highest BCUT2D eigenvalue weighted by Gasteiger charge is 2.23. The van der Waals surface area contributed by atoms with Crippen LogP contribution in [0.15, 0.2) is 18.2 Å². The van der Waals surface area contributed by atoms with Crippen molar-refractivity contribution in [3.8, 4) is 0 Å². The number of hydrogen-bond donors (Lipinski definition) is 1. The molecule has 0 bridgehead atoms. The van der Waals surface area contributed by atoms with Crippen LogP contribution in [0, 0.1) is 17.6 Å². The molecule has 5 heteroatoms. The Bertz CT molecular complexity index is 439. The van der Waals surface area contributed by atoms with Crippen LogP contribution in [0.25, 0.3) is 0 Å². The molecule has 0 spiro atoms. The third kappa shape index (κ3) is 3.29. The highest BCUT2D eigenvalue weighted by Crippen LogP contribution is 2.16. The number of piperidine rings is 1. The highest BCUT2D eigenvalue weighted by molar-refractivity contribution is 5.94. The van der Waals surface area contributed by atoms with Gasteiger partial charge in [0, 0.05) is 13.6 Å². The van der Waals surface area contributed by atoms with Crippen molar-refractivity contribution < 1.29 is 13.6 Å². The van der Waals surface area contributed by atoms with Crippen molar-refractivity contribution >= 4 is 5.91 Å². The van der Waals surface area contributed by atoms with Crippen LogP contribution in [0.4, 0.5) is 8.78 Å². The Balaban J connectivity index is 2.06. The van der Waals surface area contributed by atoms with Crippen LogP contribution < -0.4 is 5.32 Å². The van der Waals surface area contributed by atoms with Crippen molar-refractivity contribution in [1.82, 2.24) is 10.2 Å². The molecule has 0 aliphatic carbocycles. The molecule has 1 fully saturated rings. The summed E-state index contributed by atoms with van der Waals surface area (Å²) >= 11 is 0. The van der Waals surface area contributed by atoms with E-state index < -0.39 is 23.1 Å². The van der Waals surface area contributed by atoms with Crippen LogP contribution in [0.2, 0.25) is 0 Å². The van der Waals surface area contributed by atoms with Gasteiger partial charge in [0.25, 0.3) is 5.91 Å². The van der Waals surface area contributed by atoms with Gasteiger partial charge in [0.2, 0.25) is 0 Å². The summed E-state index contributed by atoms with van der Waals surface area (Å²) in [5, 5.41) is 3.26. The minimum Gasteiger partial charge on any atom is -0.341 e. The normalized spacial score (nSPS) is 19.2. The third-order valence-electron chi connectivity index (χ3n) is 3.45. The first-order valence-electron chi connectivity index (χ1n) is 6.50. The van der Waals surface area contributed by atoms with Crippen LogP contribution >= 0.6 is 0 Å². The van der Waals surface area contributed by atoms with E-state index in [1.165, 1.54) is 11.0 Å². The lowest BCUT2D eigenvalue weighted by atomic mass is 9.99. The van der Waals surface area contributed by atoms with Crippen LogP contribution in [0.3, 0.4) is 0 Å². The summed E-state index contributed by atoms with van der Waals surface area (Å²) in [7, 11) is 1.59. The third-order valence-corrected chi connectivity index (χ3v) is 3.45. The predicted octanol–water partition coefficient (Wildman–Crippen LogP) is 2.04. The van der Waals surface area contributed by atoms with Crippen molar-refractivity contribution in [2.75, 3.05) is 26.7 Å². The maximum Gasteiger partial charge on any atom is 0.259 e. The van der Waals surface area contributed by atoms with E-state index in [1.54, 1.807) is 7.05 Å². The molecule has 1 N–H and O–H groups in total. The zero-order valence-electron chi connectivity index (χ0n) is 11.0. The SMILES string of the molecule is CN(CC1CCCNC1)C(=O)c1c(F)cccc1F. The maximum atomic E-state index is 13.5. The van der Waals surface area contributed by atoms with Gasteiger partial charge < -0.3 is 10.2 Å². The molecule has 3 nitrogen and oxygen atoms in total. The molecule has 2 rings (SSSR count). The van der Waals surface area contributed by atoms with E-state index in [1.807, 2.05) is 0 Å². The van der Waals surface area contributed by atoms with Gasteiger partial charge in [0.05, 0.1) is 0 Å². The first-order valence-corrected chi connectivity index (χ1v) is 6.50. The average molecular weight is 268 g/mol. The summed E-state index contributed by atoms with van der Waals surface area (Å²) in [6, 6.07) is 3.46. The molecular weight excluding hydrogens is 250 g/mol. The molecule has 1 aliphatic heterocycles. The van der Waals surface area contributed by atoms with Gasteiger partial charge in [0.15, 0.2) is 0 Å². The van der Waals surface area contributed by atoms with Crippen molar-refractivity contribution in [3.05, 3.63) is 35.4 Å². The highest BCUT2D eigenvalue weighted by atomic mass is 19.1. The van der Waals surface area contributed by atoms with Gasteiger partial charge >= 0.3 is 0 Å². The largest absolute Gasteiger partial charge is 0.341 e. The molecule has 0 radical (unpaired) electrons. The lowest BCUT2D eigenvalue weighted by molar-refractivity contribution is 0.0755. The first kappa shape index (κ1) is 13.9. The van der Waals surface area contributed by atoms with Gasteiger partial charge in [-0.05, 0) is 44.0 Å². The molecule has 0 saturated carbocycles. The van der Waals surface area contributed by atoms with E-state index in [0.29, 0.717) is 12.5 Å². The molecule has 1 aromatic rings. The topological polar surface area (TPSA) is 32.3 Å². The van der Waals surface area contributed by atoms with E-state index in [-0.39, 0.29) is 0 Å². The number of nitrogens with one attached hydrogen (secondary N) is 1. The van der Waals surface area contributed by atoms with Crippen LogP contribution in [-0.2, 0) is 0 Å². The standard InChI is InChI=1S/C14H18F2N2O/c1-18(9-10-4-3-7-17-8-10)14(19)13-11(15)5-2-6-12(13)16/h2,5-6,10,17H,3-4,7-9H2,1H3. The Kier molecular flexibility index (Phi) is 4.47. The molecule has 1 aliphatic rings. The van der Waals surface area contributed by atoms with Gasteiger partial charge in [-0.2, -0.15) is 0 Å². The van der Waals surface area contributed by atoms with Gasteiger partial charge in [-0.25, -0.2) is 8.78 Å². The average Bonchev–Trinajstić information content (AvgIpc) is 2.39. The van der Waals surface area contributed by atoms with E-state index >= 15 is 0 Å². The second kappa shape index (κ2) is 6.10. The number of hydrogen-bond acceptors (Lipinski definition) is 2. The molecule has 1 amide bonds. The van der Waals surface area contributed by atoms with E-state index in [4.69, 9.17) is 0 Å². The van der Waals surface area contributed by atoms with E-state index in [0.717, 1.165) is 38.1 Å². The molecule has 1 aromatic carbocycles. The summed E-state index contributed by atoms with van der Waals surface area (Å²) in [6.45, 7) is 2.35. The number of nitrogens with zero attached hydrogens (tertiary/aromatic N) is 1. The first-order chi connectivity index (χ1) is 9.09. The summed E-state index contributed by atoms with van der Waals surface area (Å²) in [5.74, 6) is -1.86. The molecule has 1 saturated heterocycles. The van der Waals surface area contributed by atoms with Gasteiger partial charge in [-0.15, -0.1) is 0 Å². The molecule has 1 heterocycles. The second-order valence-electron chi connectivity index (χ2n) is 4.99. The fourth-order valence-corrected chi connectivity index (χ4v) is 2.44. The summed E-state index contributed by atoms with van der Waals surface area (Å²) in [5.41, 5.74) is -0.464. The smallest absolute Gasteiger partial charge is 0.259 e. The Morgan fingerprint density at radius 3 is 2.68 bits per heavy atom. The lowest BCUT2D eigenvalue weighted by Crippen LogP contribution is -2.39. The van der Waals surface area contributed by atoms with E-state index in [2.05, 4.69) is 5.32 Å². The fourth-order valence-electron chi connectivity index (χ4n) is 2.44. The zero-order chi connectivity index (χ0) is 13.8. The van der Waals surface area contributed by atoms with Crippen molar-refractivity contribution in [3.63, 3.8) is 0 Å². The lowest BCUT2D eigenvalue weighted by Gasteiger charge is -2.27. The van der Waals surface area contributed by atoms with Crippen molar-refractivity contribution in [1.29, 1.82) is 0 Å². The molecule has 19 heavy (non-hydrogen) atoms. The van der Waals surface area contributed by atoms with E-state index in [9.17, 15) is 13.6 Å².